The number of halogens is 2. The van der Waals surface area contributed by atoms with Gasteiger partial charge in [0.05, 0.1) is 6.61 Å². The summed E-state index contributed by atoms with van der Waals surface area (Å²) in [7, 11) is 0. The molecule has 0 aliphatic carbocycles. The van der Waals surface area contributed by atoms with Gasteiger partial charge in [-0.25, -0.2) is 9.18 Å². The minimum atomic E-state index is -0.812. The lowest BCUT2D eigenvalue weighted by Gasteiger charge is -2.15. The molecular formula is C12H12BrFO3. The number of benzene rings is 1. The maximum absolute atomic E-state index is 13.1. The minimum Gasteiger partial charge on any atom is -0.435 e. The molecule has 0 N–H and O–H groups in total. The monoisotopic (exact) mass is 302 g/mol. The van der Waals surface area contributed by atoms with Gasteiger partial charge in [-0.2, -0.15) is 0 Å². The molecule has 0 saturated carbocycles. The number of carbonyl (C=O) groups excluding carboxylic acids is 1. The molecule has 1 rings (SSSR count). The van der Waals surface area contributed by atoms with Crippen LogP contribution >= 0.6 is 15.9 Å². The molecule has 1 atom stereocenters. The van der Waals surface area contributed by atoms with Crippen LogP contribution in [0.2, 0.25) is 0 Å². The molecule has 1 aromatic rings. The van der Waals surface area contributed by atoms with Crippen molar-refractivity contribution in [2.24, 2.45) is 0 Å². The Kier molecular flexibility index (Phi) is 5.15. The SMILES string of the molecule is C=CC(OC(=O)OCC)c1cc(F)ccc1Br. The lowest BCUT2D eigenvalue weighted by atomic mass is 10.1. The fourth-order valence-electron chi connectivity index (χ4n) is 1.23. The summed E-state index contributed by atoms with van der Waals surface area (Å²) in [5.74, 6) is -0.414. The summed E-state index contributed by atoms with van der Waals surface area (Å²) in [5, 5.41) is 0. The van der Waals surface area contributed by atoms with E-state index in [1.54, 1.807) is 6.92 Å². The van der Waals surface area contributed by atoms with Crippen LogP contribution in [0.5, 0.6) is 0 Å². The molecule has 92 valence electrons. The van der Waals surface area contributed by atoms with E-state index in [2.05, 4.69) is 27.2 Å². The summed E-state index contributed by atoms with van der Waals surface area (Å²) in [6, 6.07) is 4.11. The molecule has 0 spiro atoms. The first-order valence-electron chi connectivity index (χ1n) is 4.99. The molecule has 0 amide bonds. The summed E-state index contributed by atoms with van der Waals surface area (Å²) in [6.45, 7) is 5.43. The topological polar surface area (TPSA) is 35.5 Å². The van der Waals surface area contributed by atoms with Crippen molar-refractivity contribution in [2.45, 2.75) is 13.0 Å². The van der Waals surface area contributed by atoms with Crippen molar-refractivity contribution in [2.75, 3.05) is 6.61 Å². The van der Waals surface area contributed by atoms with Gasteiger partial charge in [-0.1, -0.05) is 22.5 Å². The Morgan fingerprint density at radius 3 is 2.94 bits per heavy atom. The molecule has 5 heteroatoms. The van der Waals surface area contributed by atoms with E-state index in [1.165, 1.54) is 24.3 Å². The van der Waals surface area contributed by atoms with Crippen molar-refractivity contribution >= 4 is 22.1 Å². The summed E-state index contributed by atoms with van der Waals surface area (Å²) in [6.07, 6.45) is -0.163. The van der Waals surface area contributed by atoms with Crippen molar-refractivity contribution in [1.82, 2.24) is 0 Å². The van der Waals surface area contributed by atoms with Gasteiger partial charge in [0.2, 0.25) is 0 Å². The van der Waals surface area contributed by atoms with E-state index in [9.17, 15) is 9.18 Å². The highest BCUT2D eigenvalue weighted by Crippen LogP contribution is 2.28. The Hall–Kier alpha value is -1.36. The number of hydrogen-bond donors (Lipinski definition) is 0. The second-order valence-electron chi connectivity index (χ2n) is 3.12. The largest absolute Gasteiger partial charge is 0.509 e. The Morgan fingerprint density at radius 1 is 1.65 bits per heavy atom. The zero-order chi connectivity index (χ0) is 12.8. The van der Waals surface area contributed by atoms with Crippen LogP contribution in [-0.2, 0) is 9.47 Å². The van der Waals surface area contributed by atoms with Gasteiger partial charge in [0.25, 0.3) is 0 Å². The fourth-order valence-corrected chi connectivity index (χ4v) is 1.70. The fraction of sp³-hybridized carbons (Fsp3) is 0.250. The highest BCUT2D eigenvalue weighted by molar-refractivity contribution is 9.10. The number of carbonyl (C=O) groups is 1. The zero-order valence-electron chi connectivity index (χ0n) is 9.28. The van der Waals surface area contributed by atoms with Gasteiger partial charge in [0.15, 0.2) is 0 Å². The molecule has 0 aromatic heterocycles. The second kappa shape index (κ2) is 6.39. The summed E-state index contributed by atoms with van der Waals surface area (Å²) < 4.78 is 23.4. The van der Waals surface area contributed by atoms with Gasteiger partial charge in [0.1, 0.15) is 11.9 Å². The predicted molar refractivity (Wildman–Crippen MR) is 65.1 cm³/mol. The van der Waals surface area contributed by atoms with Gasteiger partial charge in [-0.3, -0.25) is 0 Å². The van der Waals surface area contributed by atoms with Gasteiger partial charge in [-0.05, 0) is 31.2 Å². The van der Waals surface area contributed by atoms with Crippen LogP contribution in [0.15, 0.2) is 35.3 Å². The van der Waals surface area contributed by atoms with Crippen LogP contribution in [0.25, 0.3) is 0 Å². The molecule has 0 radical (unpaired) electrons. The van der Waals surface area contributed by atoms with Crippen LogP contribution < -0.4 is 0 Å². The minimum absolute atomic E-state index is 0.215. The molecular weight excluding hydrogens is 291 g/mol. The Morgan fingerprint density at radius 2 is 2.35 bits per heavy atom. The average Bonchev–Trinajstić information content (AvgIpc) is 2.30. The van der Waals surface area contributed by atoms with E-state index in [1.807, 2.05) is 0 Å². The Labute approximate surface area is 107 Å². The smallest absolute Gasteiger partial charge is 0.435 e. The van der Waals surface area contributed by atoms with Crippen molar-refractivity contribution in [3.05, 3.63) is 46.7 Å². The summed E-state index contributed by atoms with van der Waals surface area (Å²) in [4.78, 5) is 11.2. The van der Waals surface area contributed by atoms with Gasteiger partial charge < -0.3 is 9.47 Å². The van der Waals surface area contributed by atoms with Gasteiger partial charge in [-0.15, -0.1) is 0 Å². The third-order valence-electron chi connectivity index (χ3n) is 1.96. The molecule has 1 unspecified atom stereocenters. The molecule has 17 heavy (non-hydrogen) atoms. The lowest BCUT2D eigenvalue weighted by molar-refractivity contribution is 0.0399. The highest BCUT2D eigenvalue weighted by atomic mass is 79.9. The number of rotatable bonds is 4. The number of hydrogen-bond acceptors (Lipinski definition) is 3. The standard InChI is InChI=1S/C12H12BrFO3/c1-3-11(17-12(15)16-4-2)9-7-8(14)5-6-10(9)13/h3,5-7,11H,1,4H2,2H3. The quantitative estimate of drug-likeness (QED) is 0.623. The van der Waals surface area contributed by atoms with E-state index in [0.29, 0.717) is 10.0 Å². The molecule has 0 aliphatic heterocycles. The molecule has 0 aliphatic rings. The second-order valence-corrected chi connectivity index (χ2v) is 3.98. The summed E-state index contributed by atoms with van der Waals surface area (Å²) in [5.41, 5.74) is 0.480. The lowest BCUT2D eigenvalue weighted by Crippen LogP contribution is -2.11. The van der Waals surface area contributed by atoms with Crippen molar-refractivity contribution < 1.29 is 18.7 Å². The Balaban J connectivity index is 2.89. The maximum Gasteiger partial charge on any atom is 0.509 e. The highest BCUT2D eigenvalue weighted by Gasteiger charge is 2.17. The van der Waals surface area contributed by atoms with Crippen molar-refractivity contribution in [3.8, 4) is 0 Å². The molecule has 3 nitrogen and oxygen atoms in total. The first-order chi connectivity index (χ1) is 8.08. The Bertz CT molecular complexity index is 420. The molecule has 0 bridgehead atoms. The number of ether oxygens (including phenoxy) is 2. The zero-order valence-corrected chi connectivity index (χ0v) is 10.9. The van der Waals surface area contributed by atoms with E-state index < -0.39 is 18.1 Å². The summed E-state index contributed by atoms with van der Waals surface area (Å²) >= 11 is 3.25. The maximum atomic E-state index is 13.1. The van der Waals surface area contributed by atoms with E-state index in [0.717, 1.165) is 0 Å². The van der Waals surface area contributed by atoms with Crippen LogP contribution in [-0.4, -0.2) is 12.8 Å². The molecule has 1 aromatic carbocycles. The van der Waals surface area contributed by atoms with E-state index >= 15 is 0 Å². The van der Waals surface area contributed by atoms with Gasteiger partial charge in [0, 0.05) is 10.0 Å². The van der Waals surface area contributed by atoms with Crippen LogP contribution in [0.1, 0.15) is 18.6 Å². The molecule has 0 saturated heterocycles. The molecule has 0 heterocycles. The first-order valence-corrected chi connectivity index (χ1v) is 5.78. The third kappa shape index (κ3) is 3.85. The van der Waals surface area contributed by atoms with Crippen LogP contribution in [0.3, 0.4) is 0 Å². The van der Waals surface area contributed by atoms with Crippen LogP contribution in [0.4, 0.5) is 9.18 Å². The predicted octanol–water partition coefficient (Wildman–Crippen LogP) is 3.99. The normalized spacial score (nSPS) is 11.7. The van der Waals surface area contributed by atoms with Crippen molar-refractivity contribution in [1.29, 1.82) is 0 Å². The third-order valence-corrected chi connectivity index (χ3v) is 2.69. The van der Waals surface area contributed by atoms with Crippen LogP contribution in [0, 0.1) is 5.82 Å². The van der Waals surface area contributed by atoms with E-state index in [-0.39, 0.29) is 6.61 Å². The van der Waals surface area contributed by atoms with E-state index in [4.69, 9.17) is 4.74 Å². The first kappa shape index (κ1) is 13.7. The average molecular weight is 303 g/mol. The van der Waals surface area contributed by atoms with Gasteiger partial charge >= 0.3 is 6.16 Å². The molecule has 0 fully saturated rings. The van der Waals surface area contributed by atoms with Crippen molar-refractivity contribution in [3.63, 3.8) is 0 Å².